The van der Waals surface area contributed by atoms with Gasteiger partial charge in [-0.25, -0.2) is 8.42 Å². The summed E-state index contributed by atoms with van der Waals surface area (Å²) in [5.41, 5.74) is 2.93. The van der Waals surface area contributed by atoms with Crippen molar-refractivity contribution in [1.29, 1.82) is 0 Å². The summed E-state index contributed by atoms with van der Waals surface area (Å²) < 4.78 is 23.0. The first-order valence-electron chi connectivity index (χ1n) is 5.29. The minimum absolute atomic E-state index is 0.0945. The van der Waals surface area contributed by atoms with Crippen LogP contribution < -0.4 is 0 Å². The van der Waals surface area contributed by atoms with Crippen molar-refractivity contribution in [1.82, 2.24) is 4.98 Å². The molecule has 1 N–H and O–H groups in total. The summed E-state index contributed by atoms with van der Waals surface area (Å²) in [4.78, 5) is 3.15. The fraction of sp³-hybridized carbons (Fsp3) is 0.333. The van der Waals surface area contributed by atoms with E-state index in [4.69, 9.17) is 0 Å². The maximum atomic E-state index is 11.5. The molecule has 4 heteroatoms. The van der Waals surface area contributed by atoms with Gasteiger partial charge in [0.05, 0.1) is 5.75 Å². The van der Waals surface area contributed by atoms with Gasteiger partial charge >= 0.3 is 0 Å². The van der Waals surface area contributed by atoms with Gasteiger partial charge in [0.1, 0.15) is 0 Å². The predicted octanol–water partition coefficient (Wildman–Crippen LogP) is 2.41. The number of hydrogen-bond acceptors (Lipinski definition) is 2. The van der Waals surface area contributed by atoms with E-state index in [1.165, 1.54) is 5.56 Å². The van der Waals surface area contributed by atoms with Crippen LogP contribution in [0.5, 0.6) is 0 Å². The maximum absolute atomic E-state index is 11.5. The lowest BCUT2D eigenvalue weighted by Gasteiger charge is -1.97. The molecule has 0 fully saturated rings. The van der Waals surface area contributed by atoms with Crippen LogP contribution in [0.2, 0.25) is 0 Å². The van der Waals surface area contributed by atoms with Crippen molar-refractivity contribution in [2.75, 3.05) is 5.75 Å². The van der Waals surface area contributed by atoms with E-state index in [1.807, 2.05) is 31.2 Å². The van der Waals surface area contributed by atoms with Crippen molar-refractivity contribution >= 4 is 20.7 Å². The summed E-state index contributed by atoms with van der Waals surface area (Å²) in [6, 6.07) is 7.96. The number of rotatable bonds is 3. The Morgan fingerprint density at radius 3 is 2.69 bits per heavy atom. The summed E-state index contributed by atoms with van der Waals surface area (Å²) in [6.45, 7) is 3.69. The smallest absolute Gasteiger partial charge is 0.155 e. The van der Waals surface area contributed by atoms with Crippen LogP contribution in [0.25, 0.3) is 10.9 Å². The third kappa shape index (κ3) is 2.27. The van der Waals surface area contributed by atoms with Gasteiger partial charge in [0, 0.05) is 17.0 Å². The second kappa shape index (κ2) is 3.94. The van der Waals surface area contributed by atoms with Crippen LogP contribution in [-0.2, 0) is 15.6 Å². The fourth-order valence-electron chi connectivity index (χ4n) is 1.72. The molecule has 0 atom stereocenters. The fourth-order valence-corrected chi connectivity index (χ4v) is 2.55. The lowest BCUT2D eigenvalue weighted by atomic mass is 10.2. The average Bonchev–Trinajstić information content (AvgIpc) is 2.58. The van der Waals surface area contributed by atoms with E-state index in [-0.39, 0.29) is 11.5 Å². The standard InChI is InChI=1S/C12H15NO2S/c1-3-16(14,15)8-11-7-10-5-4-9(2)6-12(10)13-11/h4-7,13H,3,8H2,1-2H3. The Bertz CT molecular complexity index is 611. The second-order valence-corrected chi connectivity index (χ2v) is 6.42. The van der Waals surface area contributed by atoms with Gasteiger partial charge in [-0.05, 0) is 30.0 Å². The number of sulfone groups is 1. The van der Waals surface area contributed by atoms with E-state index in [2.05, 4.69) is 4.98 Å². The highest BCUT2D eigenvalue weighted by atomic mass is 32.2. The Hall–Kier alpha value is -1.29. The van der Waals surface area contributed by atoms with Gasteiger partial charge < -0.3 is 4.98 Å². The van der Waals surface area contributed by atoms with E-state index in [0.29, 0.717) is 0 Å². The largest absolute Gasteiger partial charge is 0.358 e. The first-order chi connectivity index (χ1) is 7.50. The van der Waals surface area contributed by atoms with Crippen molar-refractivity contribution < 1.29 is 8.42 Å². The molecule has 0 aliphatic heterocycles. The molecule has 0 unspecified atom stereocenters. The first-order valence-corrected chi connectivity index (χ1v) is 7.11. The molecular weight excluding hydrogens is 222 g/mol. The van der Waals surface area contributed by atoms with Gasteiger partial charge in [0.15, 0.2) is 9.84 Å². The number of aryl methyl sites for hydroxylation is 1. The van der Waals surface area contributed by atoms with Crippen LogP contribution >= 0.6 is 0 Å². The summed E-state index contributed by atoms with van der Waals surface area (Å²) in [6.07, 6.45) is 0. The van der Waals surface area contributed by atoms with Crippen LogP contribution in [0.1, 0.15) is 18.2 Å². The van der Waals surface area contributed by atoms with E-state index in [0.717, 1.165) is 16.6 Å². The highest BCUT2D eigenvalue weighted by Gasteiger charge is 2.10. The van der Waals surface area contributed by atoms with Crippen LogP contribution in [0, 0.1) is 6.92 Å². The van der Waals surface area contributed by atoms with Crippen molar-refractivity contribution in [3.63, 3.8) is 0 Å². The molecule has 1 heterocycles. The van der Waals surface area contributed by atoms with E-state index >= 15 is 0 Å². The van der Waals surface area contributed by atoms with E-state index < -0.39 is 9.84 Å². The Morgan fingerprint density at radius 2 is 2.00 bits per heavy atom. The van der Waals surface area contributed by atoms with Crippen LogP contribution in [0.3, 0.4) is 0 Å². The van der Waals surface area contributed by atoms with Gasteiger partial charge in [0.25, 0.3) is 0 Å². The maximum Gasteiger partial charge on any atom is 0.155 e. The van der Waals surface area contributed by atoms with Crippen molar-refractivity contribution in [2.24, 2.45) is 0 Å². The molecule has 0 spiro atoms. The molecule has 0 amide bonds. The Labute approximate surface area is 95.4 Å². The molecular formula is C12H15NO2S. The average molecular weight is 237 g/mol. The van der Waals surface area contributed by atoms with Gasteiger partial charge in [-0.2, -0.15) is 0 Å². The molecule has 0 aliphatic carbocycles. The highest BCUT2D eigenvalue weighted by Crippen LogP contribution is 2.18. The van der Waals surface area contributed by atoms with Crippen LogP contribution in [0.15, 0.2) is 24.3 Å². The molecule has 16 heavy (non-hydrogen) atoms. The molecule has 2 aromatic rings. The van der Waals surface area contributed by atoms with E-state index in [1.54, 1.807) is 6.92 Å². The first kappa shape index (κ1) is 11.2. The quantitative estimate of drug-likeness (QED) is 0.891. The van der Waals surface area contributed by atoms with Gasteiger partial charge in [-0.15, -0.1) is 0 Å². The minimum atomic E-state index is -2.96. The zero-order valence-corrected chi connectivity index (χ0v) is 10.3. The molecule has 2 rings (SSSR count). The third-order valence-electron chi connectivity index (χ3n) is 2.65. The van der Waals surface area contributed by atoms with Crippen molar-refractivity contribution in [3.8, 4) is 0 Å². The Balaban J connectivity index is 2.40. The number of nitrogens with one attached hydrogen (secondary N) is 1. The zero-order valence-electron chi connectivity index (χ0n) is 9.45. The topological polar surface area (TPSA) is 49.9 Å². The Kier molecular flexibility index (Phi) is 2.76. The highest BCUT2D eigenvalue weighted by molar-refractivity contribution is 7.90. The summed E-state index contributed by atoms with van der Waals surface area (Å²) in [7, 11) is -2.96. The molecule has 86 valence electrons. The van der Waals surface area contributed by atoms with Gasteiger partial charge in [0.2, 0.25) is 0 Å². The number of benzene rings is 1. The minimum Gasteiger partial charge on any atom is -0.358 e. The lowest BCUT2D eigenvalue weighted by molar-refractivity contribution is 0.596. The summed E-state index contributed by atoms with van der Waals surface area (Å²) in [5, 5.41) is 1.06. The molecule has 0 bridgehead atoms. The number of aromatic amines is 1. The molecule has 0 saturated carbocycles. The second-order valence-electron chi connectivity index (χ2n) is 4.06. The molecule has 0 aliphatic rings. The molecule has 0 saturated heterocycles. The molecule has 1 aromatic carbocycles. The molecule has 1 aromatic heterocycles. The predicted molar refractivity (Wildman–Crippen MR) is 66.2 cm³/mol. The number of aromatic nitrogens is 1. The third-order valence-corrected chi connectivity index (χ3v) is 4.28. The number of H-pyrrole nitrogens is 1. The SMILES string of the molecule is CCS(=O)(=O)Cc1cc2ccc(C)cc2[nH]1. The van der Waals surface area contributed by atoms with Gasteiger partial charge in [-0.1, -0.05) is 19.1 Å². The summed E-state index contributed by atoms with van der Waals surface area (Å²) >= 11 is 0. The number of fused-ring (bicyclic) bond motifs is 1. The van der Waals surface area contributed by atoms with Crippen molar-refractivity contribution in [3.05, 3.63) is 35.5 Å². The Morgan fingerprint density at radius 1 is 1.25 bits per heavy atom. The van der Waals surface area contributed by atoms with Crippen molar-refractivity contribution in [2.45, 2.75) is 19.6 Å². The lowest BCUT2D eigenvalue weighted by Crippen LogP contribution is -2.06. The zero-order chi connectivity index (χ0) is 11.8. The molecule has 0 radical (unpaired) electrons. The summed E-state index contributed by atoms with van der Waals surface area (Å²) in [5.74, 6) is 0.276. The van der Waals surface area contributed by atoms with Crippen LogP contribution in [-0.4, -0.2) is 19.2 Å². The molecule has 3 nitrogen and oxygen atoms in total. The van der Waals surface area contributed by atoms with E-state index in [9.17, 15) is 8.42 Å². The monoisotopic (exact) mass is 237 g/mol. The van der Waals surface area contributed by atoms with Gasteiger partial charge in [-0.3, -0.25) is 0 Å². The normalized spacial score (nSPS) is 12.1. The number of hydrogen-bond donors (Lipinski definition) is 1. The van der Waals surface area contributed by atoms with Crippen LogP contribution in [0.4, 0.5) is 0 Å².